The number of imide groups is 1. The maximum absolute atomic E-state index is 13.4. The number of hydrogen-bond donors (Lipinski definition) is 1. The highest BCUT2D eigenvalue weighted by Crippen LogP contribution is 2.30. The Labute approximate surface area is 197 Å². The number of benzene rings is 1. The van der Waals surface area contributed by atoms with Gasteiger partial charge in [0.15, 0.2) is 9.84 Å². The molecule has 182 valence electrons. The van der Waals surface area contributed by atoms with Gasteiger partial charge in [0.25, 0.3) is 5.91 Å². The topological polar surface area (TPSA) is 147 Å². The van der Waals surface area contributed by atoms with Crippen LogP contribution in [0.25, 0.3) is 5.69 Å². The van der Waals surface area contributed by atoms with Crippen LogP contribution in [0, 0.1) is 0 Å². The van der Waals surface area contributed by atoms with Crippen molar-refractivity contribution in [3.63, 3.8) is 0 Å². The fraction of sp³-hybridized carbons (Fsp3) is 0.524. The number of carbonyl (C=O) groups is 3. The molecule has 2 saturated heterocycles. The summed E-state index contributed by atoms with van der Waals surface area (Å²) < 4.78 is 25.4. The van der Waals surface area contributed by atoms with Gasteiger partial charge in [-0.3, -0.25) is 14.5 Å². The first-order chi connectivity index (χ1) is 16.1. The number of urea groups is 1. The second kappa shape index (κ2) is 8.78. The maximum atomic E-state index is 13.4. The number of amides is 4. The second-order valence-electron chi connectivity index (χ2n) is 8.87. The number of hydrogen-bond acceptors (Lipinski definition) is 8. The lowest BCUT2D eigenvalue weighted by Crippen LogP contribution is -2.51. The molecule has 2 fully saturated rings. The van der Waals surface area contributed by atoms with Gasteiger partial charge in [-0.1, -0.05) is 19.1 Å². The molecule has 3 heterocycles. The molecule has 0 radical (unpaired) electrons. The van der Waals surface area contributed by atoms with Crippen molar-refractivity contribution in [1.82, 2.24) is 35.3 Å². The van der Waals surface area contributed by atoms with E-state index in [1.54, 1.807) is 31.2 Å². The Morgan fingerprint density at radius 2 is 2.12 bits per heavy atom. The van der Waals surface area contributed by atoms with Crippen LogP contribution in [0.5, 0.6) is 0 Å². The smallest absolute Gasteiger partial charge is 0.325 e. The van der Waals surface area contributed by atoms with Gasteiger partial charge in [0, 0.05) is 12.1 Å². The zero-order valence-electron chi connectivity index (χ0n) is 19.2. The first-order valence-corrected chi connectivity index (χ1v) is 12.9. The van der Waals surface area contributed by atoms with Crippen LogP contribution in [0.15, 0.2) is 30.6 Å². The zero-order valence-corrected chi connectivity index (χ0v) is 20.0. The number of nitrogens with zero attached hydrogens (tertiary/aromatic N) is 6. The average Bonchev–Trinajstić information content (AvgIpc) is 3.51. The molecule has 3 atom stereocenters. The second-order valence-corrected chi connectivity index (χ2v) is 11.1. The first kappa shape index (κ1) is 23.8. The van der Waals surface area contributed by atoms with Gasteiger partial charge in [0.1, 0.15) is 18.4 Å². The minimum Gasteiger partial charge on any atom is -0.334 e. The fourth-order valence-corrected chi connectivity index (χ4v) is 6.20. The van der Waals surface area contributed by atoms with E-state index in [1.807, 2.05) is 13.8 Å². The zero-order chi connectivity index (χ0) is 24.7. The van der Waals surface area contributed by atoms with E-state index in [2.05, 4.69) is 20.8 Å². The summed E-state index contributed by atoms with van der Waals surface area (Å²) in [6, 6.07) is 5.48. The monoisotopic (exact) mass is 489 g/mol. The molecule has 2 aliphatic rings. The molecule has 0 spiro atoms. The van der Waals surface area contributed by atoms with Crippen molar-refractivity contribution in [3.05, 3.63) is 36.2 Å². The van der Waals surface area contributed by atoms with E-state index in [0.29, 0.717) is 24.1 Å². The van der Waals surface area contributed by atoms with Crippen LogP contribution in [0.2, 0.25) is 0 Å². The van der Waals surface area contributed by atoms with Crippen molar-refractivity contribution >= 4 is 27.7 Å². The number of tetrazole rings is 1. The first-order valence-electron chi connectivity index (χ1n) is 11.1. The van der Waals surface area contributed by atoms with E-state index in [4.69, 9.17) is 0 Å². The molecule has 0 unspecified atom stereocenters. The molecule has 13 heteroatoms. The van der Waals surface area contributed by atoms with E-state index >= 15 is 0 Å². The fourth-order valence-electron chi connectivity index (χ4n) is 4.49. The van der Waals surface area contributed by atoms with Crippen molar-refractivity contribution in [1.29, 1.82) is 0 Å². The Hall–Kier alpha value is -3.35. The van der Waals surface area contributed by atoms with Crippen LogP contribution in [-0.4, -0.2) is 86.4 Å². The standard InChI is InChI=1S/C21H27N7O5S/c1-4-14(2)28(17-8-9-34(32,33)12-17)18(29)11-26-19(30)21(3,23-20(26)31)15-6-5-7-16(10-15)27-13-22-24-25-27/h5-7,10,13-14,17H,4,8-9,11-12H2,1-3H3,(H,23,31)/t14-,17-,21+/m0/s1. The van der Waals surface area contributed by atoms with Crippen LogP contribution in [0.1, 0.15) is 39.2 Å². The lowest BCUT2D eigenvalue weighted by atomic mass is 9.91. The Balaban J connectivity index is 1.56. The lowest BCUT2D eigenvalue weighted by Gasteiger charge is -2.34. The minimum atomic E-state index is -3.21. The molecule has 1 aromatic carbocycles. The molecular weight excluding hydrogens is 462 g/mol. The van der Waals surface area contributed by atoms with Gasteiger partial charge in [-0.25, -0.2) is 17.9 Å². The van der Waals surface area contributed by atoms with Gasteiger partial charge in [-0.2, -0.15) is 0 Å². The van der Waals surface area contributed by atoms with E-state index < -0.39 is 45.8 Å². The third-order valence-electron chi connectivity index (χ3n) is 6.56. The van der Waals surface area contributed by atoms with Crippen LogP contribution in [-0.2, 0) is 25.0 Å². The summed E-state index contributed by atoms with van der Waals surface area (Å²) in [5, 5.41) is 13.7. The number of nitrogens with one attached hydrogen (secondary N) is 1. The predicted octanol–water partition coefficient (Wildman–Crippen LogP) is 0.244. The molecule has 1 N–H and O–H groups in total. The van der Waals surface area contributed by atoms with Crippen molar-refractivity contribution in [2.24, 2.45) is 0 Å². The van der Waals surface area contributed by atoms with Crippen molar-refractivity contribution < 1.29 is 22.8 Å². The van der Waals surface area contributed by atoms with Crippen LogP contribution in [0.3, 0.4) is 0 Å². The normalized spacial score (nSPS) is 24.8. The SMILES string of the molecule is CC[C@H](C)N(C(=O)CN1C(=O)N[C@](C)(c2cccc(-n3cnnn3)c2)C1=O)[C@H]1CCS(=O)(=O)C1. The van der Waals surface area contributed by atoms with Gasteiger partial charge in [0.2, 0.25) is 5.91 Å². The third kappa shape index (κ3) is 4.27. The van der Waals surface area contributed by atoms with Gasteiger partial charge in [0.05, 0.1) is 17.2 Å². The summed E-state index contributed by atoms with van der Waals surface area (Å²) in [5.41, 5.74) is -0.278. The van der Waals surface area contributed by atoms with Crippen molar-refractivity contribution in [2.75, 3.05) is 18.1 Å². The van der Waals surface area contributed by atoms with Gasteiger partial charge >= 0.3 is 6.03 Å². The number of carbonyl (C=O) groups excluding carboxylic acids is 3. The molecule has 4 rings (SSSR count). The highest BCUT2D eigenvalue weighted by molar-refractivity contribution is 7.91. The molecule has 0 aliphatic carbocycles. The summed E-state index contributed by atoms with van der Waals surface area (Å²) in [4.78, 5) is 41.9. The molecule has 1 aromatic heterocycles. The molecule has 12 nitrogen and oxygen atoms in total. The predicted molar refractivity (Wildman–Crippen MR) is 120 cm³/mol. The van der Waals surface area contributed by atoms with Crippen molar-refractivity contribution in [3.8, 4) is 5.69 Å². The minimum absolute atomic E-state index is 0.0245. The van der Waals surface area contributed by atoms with E-state index in [9.17, 15) is 22.8 Å². The van der Waals surface area contributed by atoms with Crippen LogP contribution in [0.4, 0.5) is 4.79 Å². The number of aromatic nitrogens is 4. The van der Waals surface area contributed by atoms with E-state index in [1.165, 1.54) is 15.9 Å². The Morgan fingerprint density at radius 3 is 2.74 bits per heavy atom. The van der Waals surface area contributed by atoms with Crippen molar-refractivity contribution in [2.45, 2.75) is 51.2 Å². The Morgan fingerprint density at radius 1 is 1.35 bits per heavy atom. The van der Waals surface area contributed by atoms with Gasteiger partial charge in [-0.15, -0.1) is 5.10 Å². The number of rotatable bonds is 7. The average molecular weight is 490 g/mol. The summed E-state index contributed by atoms with van der Waals surface area (Å²) in [5.74, 6) is -1.10. The molecular formula is C21H27N7O5S. The molecule has 34 heavy (non-hydrogen) atoms. The summed E-state index contributed by atoms with van der Waals surface area (Å²) in [6.45, 7) is 4.85. The molecule has 4 amide bonds. The molecule has 2 aliphatic heterocycles. The Kier molecular flexibility index (Phi) is 6.14. The lowest BCUT2D eigenvalue weighted by molar-refractivity contribution is -0.141. The molecule has 2 aromatic rings. The van der Waals surface area contributed by atoms with Gasteiger partial charge in [-0.05, 0) is 54.8 Å². The maximum Gasteiger partial charge on any atom is 0.325 e. The molecule has 0 bridgehead atoms. The summed E-state index contributed by atoms with van der Waals surface area (Å²) in [7, 11) is -3.21. The van der Waals surface area contributed by atoms with Crippen LogP contribution < -0.4 is 5.32 Å². The summed E-state index contributed by atoms with van der Waals surface area (Å²) in [6.07, 6.45) is 2.37. The quantitative estimate of drug-likeness (QED) is 0.544. The number of sulfone groups is 1. The Bertz CT molecular complexity index is 1220. The van der Waals surface area contributed by atoms with Crippen LogP contribution >= 0.6 is 0 Å². The highest BCUT2D eigenvalue weighted by atomic mass is 32.2. The third-order valence-corrected chi connectivity index (χ3v) is 8.31. The van der Waals surface area contributed by atoms with E-state index in [0.717, 1.165) is 4.90 Å². The summed E-state index contributed by atoms with van der Waals surface area (Å²) >= 11 is 0. The largest absolute Gasteiger partial charge is 0.334 e. The highest BCUT2D eigenvalue weighted by Gasteiger charge is 2.50. The van der Waals surface area contributed by atoms with Gasteiger partial charge < -0.3 is 10.2 Å². The van der Waals surface area contributed by atoms with E-state index in [-0.39, 0.29) is 17.5 Å². The molecule has 0 saturated carbocycles.